The fourth-order valence-corrected chi connectivity index (χ4v) is 4.76. The largest absolute Gasteiger partial charge is 0.337 e. The summed E-state index contributed by atoms with van der Waals surface area (Å²) in [4.78, 5) is 17.4. The molecule has 5 nitrogen and oxygen atoms in total. The molecule has 2 fully saturated rings. The minimum absolute atomic E-state index is 0.103. The molecule has 0 spiro atoms. The van der Waals surface area contributed by atoms with Crippen molar-refractivity contribution in [2.45, 2.75) is 32.6 Å². The van der Waals surface area contributed by atoms with Gasteiger partial charge in [0.05, 0.1) is 0 Å². The van der Waals surface area contributed by atoms with Gasteiger partial charge in [-0.05, 0) is 69.2 Å². The maximum atomic E-state index is 12.8. The summed E-state index contributed by atoms with van der Waals surface area (Å²) in [6, 6.07) is 12.7. The Morgan fingerprint density at radius 3 is 2.46 bits per heavy atom. The first kappa shape index (κ1) is 19.2. The Kier molecular flexibility index (Phi) is 5.81. The fourth-order valence-electron chi connectivity index (χ4n) is 4.76. The van der Waals surface area contributed by atoms with E-state index in [9.17, 15) is 4.79 Å². The number of hydrogen-bond donors (Lipinski definition) is 0. The zero-order valence-electron chi connectivity index (χ0n) is 17.2. The van der Waals surface area contributed by atoms with E-state index < -0.39 is 0 Å². The van der Waals surface area contributed by atoms with Crippen molar-refractivity contribution in [1.29, 1.82) is 0 Å². The van der Waals surface area contributed by atoms with Gasteiger partial charge in [0.2, 0.25) is 0 Å². The number of hydrogen-bond acceptors (Lipinski definition) is 3. The number of carbonyl (C=O) groups excluding carboxylic acids is 1. The molecule has 3 heterocycles. The van der Waals surface area contributed by atoms with Crippen LogP contribution in [0.5, 0.6) is 0 Å². The Balaban J connectivity index is 1.24. The van der Waals surface area contributed by atoms with E-state index >= 15 is 0 Å². The van der Waals surface area contributed by atoms with Gasteiger partial charge >= 0.3 is 0 Å². The molecule has 5 heteroatoms. The zero-order valence-corrected chi connectivity index (χ0v) is 17.2. The predicted octanol–water partition coefficient (Wildman–Crippen LogP) is 3.15. The highest BCUT2D eigenvalue weighted by molar-refractivity contribution is 5.92. The highest BCUT2D eigenvalue weighted by Crippen LogP contribution is 2.32. The summed E-state index contributed by atoms with van der Waals surface area (Å²) in [6.45, 7) is 7.33. The molecule has 28 heavy (non-hydrogen) atoms. The summed E-state index contributed by atoms with van der Waals surface area (Å²) in [5.74, 6) is 1.52. The van der Waals surface area contributed by atoms with Crippen LogP contribution in [0.4, 0.5) is 0 Å². The van der Waals surface area contributed by atoms with Crippen LogP contribution < -0.4 is 0 Å². The molecule has 0 unspecified atom stereocenters. The van der Waals surface area contributed by atoms with Crippen LogP contribution >= 0.6 is 0 Å². The third kappa shape index (κ3) is 4.30. The van der Waals surface area contributed by atoms with E-state index in [1.165, 1.54) is 31.5 Å². The number of benzene rings is 1. The first-order valence-corrected chi connectivity index (χ1v) is 10.7. The molecule has 2 saturated heterocycles. The molecule has 0 radical (unpaired) electrons. The second kappa shape index (κ2) is 8.48. The van der Waals surface area contributed by atoms with Gasteiger partial charge in [0.25, 0.3) is 5.91 Å². The summed E-state index contributed by atoms with van der Waals surface area (Å²) in [5, 5.41) is 4.37. The van der Waals surface area contributed by atoms with Crippen LogP contribution in [0.15, 0.2) is 36.4 Å². The van der Waals surface area contributed by atoms with E-state index in [0.29, 0.717) is 11.6 Å². The Bertz CT molecular complexity index is 773. The molecule has 0 bridgehead atoms. The Hall–Kier alpha value is -2.14. The van der Waals surface area contributed by atoms with Crippen LogP contribution in [0.3, 0.4) is 0 Å². The number of aromatic nitrogens is 2. The molecule has 1 amide bonds. The lowest BCUT2D eigenvalue weighted by molar-refractivity contribution is 0.0767. The van der Waals surface area contributed by atoms with Crippen LogP contribution in [0.1, 0.15) is 41.0 Å². The second-order valence-corrected chi connectivity index (χ2v) is 8.51. The van der Waals surface area contributed by atoms with Crippen LogP contribution in [0, 0.1) is 18.8 Å². The summed E-state index contributed by atoms with van der Waals surface area (Å²) in [7, 11) is 1.89. The molecular weight excluding hydrogens is 348 g/mol. The van der Waals surface area contributed by atoms with Gasteiger partial charge in [-0.3, -0.25) is 9.48 Å². The SMILES string of the molecule is Cc1cc(C(=O)N2CC[C@H](C3CCN(CCc4ccccc4)CC3)C2)nn1C. The first-order chi connectivity index (χ1) is 13.6. The average molecular weight is 381 g/mol. The van der Waals surface area contributed by atoms with Crippen molar-refractivity contribution in [3.8, 4) is 0 Å². The van der Waals surface area contributed by atoms with Crippen molar-refractivity contribution in [1.82, 2.24) is 19.6 Å². The number of aryl methyl sites for hydroxylation is 2. The Labute approximate surface area is 168 Å². The average Bonchev–Trinajstić information content (AvgIpc) is 3.34. The van der Waals surface area contributed by atoms with Crippen molar-refractivity contribution in [3.63, 3.8) is 0 Å². The van der Waals surface area contributed by atoms with Gasteiger partial charge < -0.3 is 9.80 Å². The number of piperidine rings is 1. The highest BCUT2D eigenvalue weighted by atomic mass is 16.2. The standard InChI is InChI=1S/C23H32N4O/c1-18-16-22(24-25(18)2)23(28)27-15-11-21(17-27)20-9-13-26(14-10-20)12-8-19-6-4-3-5-7-19/h3-7,16,20-21H,8-15,17H2,1-2H3/t21-/m0/s1. The van der Waals surface area contributed by atoms with E-state index in [2.05, 4.69) is 40.3 Å². The summed E-state index contributed by atoms with van der Waals surface area (Å²) in [6.07, 6.45) is 4.82. The van der Waals surface area contributed by atoms with E-state index in [1.54, 1.807) is 4.68 Å². The molecule has 1 aromatic heterocycles. The Morgan fingerprint density at radius 2 is 1.79 bits per heavy atom. The molecule has 2 aliphatic heterocycles. The number of nitrogens with zero attached hydrogens (tertiary/aromatic N) is 4. The van der Waals surface area contributed by atoms with Crippen LogP contribution in [0.2, 0.25) is 0 Å². The van der Waals surface area contributed by atoms with Crippen molar-refractivity contribution in [2.24, 2.45) is 18.9 Å². The van der Waals surface area contributed by atoms with Crippen molar-refractivity contribution >= 4 is 5.91 Å². The molecule has 0 saturated carbocycles. The maximum absolute atomic E-state index is 12.8. The van der Waals surface area contributed by atoms with Gasteiger partial charge in [-0.2, -0.15) is 5.10 Å². The molecule has 2 aromatic rings. The molecule has 1 atom stereocenters. The van der Waals surface area contributed by atoms with E-state index in [-0.39, 0.29) is 5.91 Å². The van der Waals surface area contributed by atoms with Gasteiger partial charge in [0, 0.05) is 32.4 Å². The van der Waals surface area contributed by atoms with Gasteiger partial charge in [-0.1, -0.05) is 30.3 Å². The zero-order chi connectivity index (χ0) is 19.5. The number of likely N-dealkylation sites (tertiary alicyclic amines) is 2. The van der Waals surface area contributed by atoms with Crippen molar-refractivity contribution in [2.75, 3.05) is 32.7 Å². The third-order valence-corrected chi connectivity index (χ3v) is 6.70. The fraction of sp³-hybridized carbons (Fsp3) is 0.565. The molecule has 4 rings (SSSR count). The number of carbonyl (C=O) groups is 1. The van der Waals surface area contributed by atoms with E-state index in [4.69, 9.17) is 0 Å². The normalized spacial score (nSPS) is 21.4. The third-order valence-electron chi connectivity index (χ3n) is 6.70. The van der Waals surface area contributed by atoms with Crippen LogP contribution in [-0.2, 0) is 13.5 Å². The van der Waals surface area contributed by atoms with Crippen LogP contribution in [-0.4, -0.2) is 58.2 Å². The highest BCUT2D eigenvalue weighted by Gasteiger charge is 2.34. The molecule has 1 aromatic carbocycles. The maximum Gasteiger partial charge on any atom is 0.274 e. The minimum atomic E-state index is 0.103. The second-order valence-electron chi connectivity index (χ2n) is 8.51. The van der Waals surface area contributed by atoms with Gasteiger partial charge in [-0.15, -0.1) is 0 Å². The topological polar surface area (TPSA) is 41.4 Å². The predicted molar refractivity (Wildman–Crippen MR) is 111 cm³/mol. The van der Waals surface area contributed by atoms with Gasteiger partial charge in [-0.25, -0.2) is 0 Å². The lowest BCUT2D eigenvalue weighted by Crippen LogP contribution is -2.38. The molecule has 0 aliphatic carbocycles. The summed E-state index contributed by atoms with van der Waals surface area (Å²) < 4.78 is 1.78. The number of amides is 1. The lowest BCUT2D eigenvalue weighted by atomic mass is 9.83. The number of rotatable bonds is 5. The first-order valence-electron chi connectivity index (χ1n) is 10.7. The van der Waals surface area contributed by atoms with Gasteiger partial charge in [0.1, 0.15) is 0 Å². The van der Waals surface area contributed by atoms with E-state index in [0.717, 1.165) is 44.1 Å². The quantitative estimate of drug-likeness (QED) is 0.800. The summed E-state index contributed by atoms with van der Waals surface area (Å²) >= 11 is 0. The minimum Gasteiger partial charge on any atom is -0.337 e. The molecule has 150 valence electrons. The van der Waals surface area contributed by atoms with Crippen molar-refractivity contribution < 1.29 is 4.79 Å². The monoisotopic (exact) mass is 380 g/mol. The Morgan fingerprint density at radius 1 is 1.07 bits per heavy atom. The van der Waals surface area contributed by atoms with Crippen molar-refractivity contribution in [3.05, 3.63) is 53.3 Å². The molecular formula is C23H32N4O. The smallest absolute Gasteiger partial charge is 0.274 e. The lowest BCUT2D eigenvalue weighted by Gasteiger charge is -2.34. The molecule has 0 N–H and O–H groups in total. The summed E-state index contributed by atoms with van der Waals surface area (Å²) in [5.41, 5.74) is 3.05. The van der Waals surface area contributed by atoms with Gasteiger partial charge in [0.15, 0.2) is 5.69 Å². The molecule has 2 aliphatic rings. The van der Waals surface area contributed by atoms with Crippen LogP contribution in [0.25, 0.3) is 0 Å². The van der Waals surface area contributed by atoms with E-state index in [1.807, 2.05) is 24.9 Å².